The summed E-state index contributed by atoms with van der Waals surface area (Å²) in [6.07, 6.45) is 4.52. The Morgan fingerprint density at radius 3 is 2.83 bits per heavy atom. The van der Waals surface area contributed by atoms with Gasteiger partial charge in [0, 0.05) is 11.3 Å². The quantitative estimate of drug-likeness (QED) is 0.846. The van der Waals surface area contributed by atoms with E-state index in [9.17, 15) is 13.9 Å². The molecule has 3 rings (SSSR count). The number of hydrogen-bond donors (Lipinski definition) is 1. The van der Waals surface area contributed by atoms with Gasteiger partial charge in [-0.1, -0.05) is 31.0 Å². The van der Waals surface area contributed by atoms with Crippen LogP contribution in [0.15, 0.2) is 23.4 Å². The fourth-order valence-electron chi connectivity index (χ4n) is 2.85. The second kappa shape index (κ2) is 7.35. The molecule has 5 nitrogen and oxygen atoms in total. The number of halogens is 2. The highest BCUT2D eigenvalue weighted by Gasteiger charge is 2.22. The minimum absolute atomic E-state index is 0.0470. The molecule has 1 unspecified atom stereocenters. The van der Waals surface area contributed by atoms with E-state index in [4.69, 9.17) is 0 Å². The van der Waals surface area contributed by atoms with Gasteiger partial charge in [-0.2, -0.15) is 0 Å². The van der Waals surface area contributed by atoms with Crippen molar-refractivity contribution in [2.75, 3.05) is 5.75 Å². The maximum absolute atomic E-state index is 13.7. The monoisotopic (exact) mass is 340 g/mol. The lowest BCUT2D eigenvalue weighted by Gasteiger charge is -2.22. The Kier molecular flexibility index (Phi) is 5.22. The van der Waals surface area contributed by atoms with Crippen molar-refractivity contribution in [2.45, 2.75) is 49.4 Å². The van der Waals surface area contributed by atoms with Gasteiger partial charge >= 0.3 is 0 Å². The average molecular weight is 340 g/mol. The molecule has 1 aromatic heterocycles. The molecule has 124 valence electrons. The first-order valence-corrected chi connectivity index (χ1v) is 8.67. The zero-order valence-corrected chi connectivity index (χ0v) is 13.3. The first-order valence-electron chi connectivity index (χ1n) is 7.69. The Bertz CT molecular complexity index is 661. The molecule has 2 aromatic rings. The van der Waals surface area contributed by atoms with Crippen molar-refractivity contribution >= 4 is 11.8 Å². The molecule has 0 bridgehead atoms. The molecule has 0 saturated heterocycles. The number of aliphatic hydroxyl groups excluding tert-OH is 1. The molecule has 1 heterocycles. The van der Waals surface area contributed by atoms with E-state index in [-0.39, 0.29) is 17.4 Å². The predicted octanol–water partition coefficient (Wildman–Crippen LogP) is 3.28. The largest absolute Gasteiger partial charge is 0.387 e. The molecule has 0 amide bonds. The highest BCUT2D eigenvalue weighted by atomic mass is 32.2. The van der Waals surface area contributed by atoms with Crippen molar-refractivity contribution in [3.8, 4) is 0 Å². The van der Waals surface area contributed by atoms with Gasteiger partial charge in [0.05, 0.1) is 12.1 Å². The van der Waals surface area contributed by atoms with E-state index in [0.29, 0.717) is 5.16 Å². The summed E-state index contributed by atoms with van der Waals surface area (Å²) in [5, 5.41) is 22.5. The van der Waals surface area contributed by atoms with Crippen LogP contribution in [0.1, 0.15) is 49.8 Å². The molecule has 8 heteroatoms. The van der Waals surface area contributed by atoms with E-state index in [1.54, 1.807) is 4.68 Å². The summed E-state index contributed by atoms with van der Waals surface area (Å²) in [6.45, 7) is 0. The molecule has 1 fully saturated rings. The SMILES string of the molecule is OC(CSc1nnnn1C1CCCCC1)c1cc(F)ccc1F. The molecular formula is C15H18F2N4OS. The predicted molar refractivity (Wildman–Crippen MR) is 82.0 cm³/mol. The minimum atomic E-state index is -1.12. The summed E-state index contributed by atoms with van der Waals surface area (Å²) in [6, 6.07) is 3.35. The first-order chi connectivity index (χ1) is 11.1. The van der Waals surface area contributed by atoms with Crippen LogP contribution in [-0.2, 0) is 0 Å². The van der Waals surface area contributed by atoms with Gasteiger partial charge in [0.25, 0.3) is 0 Å². The highest BCUT2D eigenvalue weighted by molar-refractivity contribution is 7.99. The van der Waals surface area contributed by atoms with Gasteiger partial charge in [-0.3, -0.25) is 0 Å². The number of aromatic nitrogens is 4. The summed E-state index contributed by atoms with van der Waals surface area (Å²) in [7, 11) is 0. The molecule has 1 aliphatic carbocycles. The molecular weight excluding hydrogens is 322 g/mol. The van der Waals surface area contributed by atoms with Gasteiger partial charge in [0.1, 0.15) is 11.6 Å². The van der Waals surface area contributed by atoms with Crippen molar-refractivity contribution in [1.82, 2.24) is 20.2 Å². The second-order valence-corrected chi connectivity index (χ2v) is 6.68. The minimum Gasteiger partial charge on any atom is -0.387 e. The zero-order valence-electron chi connectivity index (χ0n) is 12.5. The fourth-order valence-corrected chi connectivity index (χ4v) is 3.75. The maximum atomic E-state index is 13.7. The summed E-state index contributed by atoms with van der Waals surface area (Å²) in [5.41, 5.74) is -0.0470. The second-order valence-electron chi connectivity index (χ2n) is 5.69. The number of aliphatic hydroxyl groups is 1. The summed E-state index contributed by atoms with van der Waals surface area (Å²) in [5.74, 6) is -1.03. The van der Waals surface area contributed by atoms with E-state index < -0.39 is 17.7 Å². The molecule has 0 radical (unpaired) electrons. The number of nitrogens with zero attached hydrogens (tertiary/aromatic N) is 4. The van der Waals surface area contributed by atoms with Crippen LogP contribution in [0.25, 0.3) is 0 Å². The molecule has 23 heavy (non-hydrogen) atoms. The Morgan fingerprint density at radius 2 is 2.04 bits per heavy atom. The van der Waals surface area contributed by atoms with Gasteiger partial charge in [-0.05, 0) is 41.5 Å². The topological polar surface area (TPSA) is 63.8 Å². The first kappa shape index (κ1) is 16.3. The normalized spacial score (nSPS) is 17.3. The van der Waals surface area contributed by atoms with Crippen LogP contribution in [0, 0.1) is 11.6 Å². The van der Waals surface area contributed by atoms with Gasteiger partial charge < -0.3 is 5.11 Å². The summed E-state index contributed by atoms with van der Waals surface area (Å²) < 4.78 is 28.7. The third kappa shape index (κ3) is 3.87. The van der Waals surface area contributed by atoms with Gasteiger partial charge in [0.15, 0.2) is 0 Å². The smallest absolute Gasteiger partial charge is 0.209 e. The van der Waals surface area contributed by atoms with E-state index >= 15 is 0 Å². The van der Waals surface area contributed by atoms with Crippen LogP contribution in [0.5, 0.6) is 0 Å². The summed E-state index contributed by atoms with van der Waals surface area (Å²) in [4.78, 5) is 0. The van der Waals surface area contributed by atoms with E-state index in [1.165, 1.54) is 18.2 Å². The average Bonchev–Trinajstić information content (AvgIpc) is 3.04. The van der Waals surface area contributed by atoms with E-state index in [0.717, 1.165) is 43.9 Å². The number of tetrazole rings is 1. The number of thioether (sulfide) groups is 1. The Morgan fingerprint density at radius 1 is 1.26 bits per heavy atom. The van der Waals surface area contributed by atoms with E-state index in [1.807, 2.05) is 0 Å². The lowest BCUT2D eigenvalue weighted by molar-refractivity contribution is 0.198. The maximum Gasteiger partial charge on any atom is 0.209 e. The van der Waals surface area contributed by atoms with Crippen molar-refractivity contribution < 1.29 is 13.9 Å². The third-order valence-electron chi connectivity index (χ3n) is 4.07. The highest BCUT2D eigenvalue weighted by Crippen LogP contribution is 2.31. The molecule has 1 saturated carbocycles. The van der Waals surface area contributed by atoms with Crippen LogP contribution >= 0.6 is 11.8 Å². The van der Waals surface area contributed by atoms with Crippen LogP contribution in [0.2, 0.25) is 0 Å². The molecule has 1 aliphatic rings. The van der Waals surface area contributed by atoms with Crippen LogP contribution in [0.4, 0.5) is 8.78 Å². The molecule has 1 aromatic carbocycles. The third-order valence-corrected chi connectivity index (χ3v) is 5.08. The van der Waals surface area contributed by atoms with Crippen LogP contribution in [-0.4, -0.2) is 31.1 Å². The molecule has 1 atom stereocenters. The molecule has 1 N–H and O–H groups in total. The Labute approximate surface area is 137 Å². The van der Waals surface area contributed by atoms with E-state index in [2.05, 4.69) is 15.5 Å². The van der Waals surface area contributed by atoms with Crippen LogP contribution in [0.3, 0.4) is 0 Å². The molecule has 0 aliphatic heterocycles. The van der Waals surface area contributed by atoms with Crippen LogP contribution < -0.4 is 0 Å². The lowest BCUT2D eigenvalue weighted by atomic mass is 9.96. The Balaban J connectivity index is 1.66. The zero-order chi connectivity index (χ0) is 16.2. The van der Waals surface area contributed by atoms with Crippen molar-refractivity contribution in [3.63, 3.8) is 0 Å². The van der Waals surface area contributed by atoms with Crippen molar-refractivity contribution in [2.24, 2.45) is 0 Å². The lowest BCUT2D eigenvalue weighted by Crippen LogP contribution is -2.15. The van der Waals surface area contributed by atoms with Gasteiger partial charge in [-0.25, -0.2) is 13.5 Å². The van der Waals surface area contributed by atoms with Gasteiger partial charge in [-0.15, -0.1) is 5.10 Å². The van der Waals surface area contributed by atoms with Crippen molar-refractivity contribution in [3.05, 3.63) is 35.4 Å². The summed E-state index contributed by atoms with van der Waals surface area (Å²) >= 11 is 1.25. The standard InChI is InChI=1S/C15H18F2N4OS/c16-10-6-7-13(17)12(8-10)14(22)9-23-15-18-19-20-21(15)11-4-2-1-3-5-11/h6-8,11,14,22H,1-5,9H2. The van der Waals surface area contributed by atoms with Gasteiger partial charge in [0.2, 0.25) is 5.16 Å². The number of benzene rings is 1. The number of rotatable bonds is 5. The Hall–Kier alpha value is -1.54. The molecule has 0 spiro atoms. The number of hydrogen-bond acceptors (Lipinski definition) is 5. The van der Waals surface area contributed by atoms with Crippen molar-refractivity contribution in [1.29, 1.82) is 0 Å². The fraction of sp³-hybridized carbons (Fsp3) is 0.533.